The summed E-state index contributed by atoms with van der Waals surface area (Å²) in [5.74, 6) is 1.31. The van der Waals surface area contributed by atoms with Gasteiger partial charge in [-0.1, -0.05) is 26.0 Å². The number of hydrogen-bond acceptors (Lipinski definition) is 5. The van der Waals surface area contributed by atoms with Crippen LogP contribution in [-0.4, -0.2) is 61.7 Å². The first-order chi connectivity index (χ1) is 13.0. The monoisotopic (exact) mass is 505 g/mol. The summed E-state index contributed by atoms with van der Waals surface area (Å²) >= 11 is 0. The standard InChI is InChI=1S/C19H31N5O3.HI/c1-15(2)11-18(23-7-9-27-10-8-23)14-22-19(20-3)21-13-16-5-4-6-17(12-16)24(25)26;/h4-6,12,15,18H,7-11,13-14H2,1-3H3,(H2,20,21,22);1H. The third-order valence-corrected chi connectivity index (χ3v) is 4.62. The summed E-state index contributed by atoms with van der Waals surface area (Å²) in [6, 6.07) is 7.06. The summed E-state index contributed by atoms with van der Waals surface area (Å²) in [6.07, 6.45) is 1.11. The van der Waals surface area contributed by atoms with Crippen molar-refractivity contribution in [2.75, 3.05) is 39.9 Å². The number of rotatable bonds is 8. The van der Waals surface area contributed by atoms with Crippen molar-refractivity contribution in [3.8, 4) is 0 Å². The number of nitro groups is 1. The van der Waals surface area contributed by atoms with Crippen molar-refractivity contribution >= 4 is 35.6 Å². The van der Waals surface area contributed by atoms with Crippen LogP contribution in [0.4, 0.5) is 5.69 Å². The number of benzene rings is 1. The van der Waals surface area contributed by atoms with Crippen molar-refractivity contribution in [3.63, 3.8) is 0 Å². The molecule has 0 bridgehead atoms. The van der Waals surface area contributed by atoms with Gasteiger partial charge in [0.15, 0.2) is 5.96 Å². The molecular formula is C19H32IN5O3. The number of ether oxygens (including phenoxy) is 1. The highest BCUT2D eigenvalue weighted by atomic mass is 127. The van der Waals surface area contributed by atoms with Crippen molar-refractivity contribution in [2.45, 2.75) is 32.9 Å². The first-order valence-electron chi connectivity index (χ1n) is 9.49. The van der Waals surface area contributed by atoms with E-state index in [1.165, 1.54) is 6.07 Å². The summed E-state index contributed by atoms with van der Waals surface area (Å²) in [7, 11) is 1.73. The molecule has 0 aliphatic carbocycles. The van der Waals surface area contributed by atoms with Crippen molar-refractivity contribution < 1.29 is 9.66 Å². The Bertz CT molecular complexity index is 636. The lowest BCUT2D eigenvalue weighted by molar-refractivity contribution is -0.384. The van der Waals surface area contributed by atoms with Gasteiger partial charge in [0.2, 0.25) is 0 Å². The van der Waals surface area contributed by atoms with E-state index in [0.29, 0.717) is 24.5 Å². The van der Waals surface area contributed by atoms with E-state index in [0.717, 1.165) is 44.8 Å². The molecule has 158 valence electrons. The van der Waals surface area contributed by atoms with Crippen LogP contribution in [0.1, 0.15) is 25.8 Å². The first-order valence-corrected chi connectivity index (χ1v) is 9.49. The zero-order valence-corrected chi connectivity index (χ0v) is 19.2. The van der Waals surface area contributed by atoms with Crippen LogP contribution in [0, 0.1) is 16.0 Å². The van der Waals surface area contributed by atoms with Crippen LogP contribution >= 0.6 is 24.0 Å². The van der Waals surface area contributed by atoms with E-state index in [1.807, 2.05) is 6.07 Å². The number of halogens is 1. The molecular weight excluding hydrogens is 473 g/mol. The SMILES string of the molecule is CN=C(NCc1cccc([N+](=O)[O-])c1)NCC(CC(C)C)N1CCOCC1.I. The van der Waals surface area contributed by atoms with E-state index in [-0.39, 0.29) is 34.6 Å². The van der Waals surface area contributed by atoms with E-state index in [9.17, 15) is 10.1 Å². The minimum absolute atomic E-state index is 0. The van der Waals surface area contributed by atoms with Gasteiger partial charge in [-0.25, -0.2) is 0 Å². The lowest BCUT2D eigenvalue weighted by atomic mass is 10.0. The Balaban J connectivity index is 0.00000392. The molecule has 0 spiro atoms. The predicted molar refractivity (Wildman–Crippen MR) is 122 cm³/mol. The highest BCUT2D eigenvalue weighted by Crippen LogP contribution is 2.14. The molecule has 1 aliphatic heterocycles. The van der Waals surface area contributed by atoms with Crippen LogP contribution in [0.2, 0.25) is 0 Å². The van der Waals surface area contributed by atoms with Crippen molar-refractivity contribution in [1.29, 1.82) is 0 Å². The largest absolute Gasteiger partial charge is 0.379 e. The molecule has 1 aromatic carbocycles. The van der Waals surface area contributed by atoms with E-state index in [1.54, 1.807) is 19.2 Å². The summed E-state index contributed by atoms with van der Waals surface area (Å²) in [6.45, 7) is 9.24. The summed E-state index contributed by atoms with van der Waals surface area (Å²) in [4.78, 5) is 17.3. The molecule has 0 saturated carbocycles. The molecule has 1 heterocycles. The van der Waals surface area contributed by atoms with Gasteiger partial charge in [-0.3, -0.25) is 20.0 Å². The summed E-state index contributed by atoms with van der Waals surface area (Å²) < 4.78 is 5.47. The molecule has 8 nitrogen and oxygen atoms in total. The summed E-state index contributed by atoms with van der Waals surface area (Å²) in [5.41, 5.74) is 0.945. The lowest BCUT2D eigenvalue weighted by Gasteiger charge is -2.35. The van der Waals surface area contributed by atoms with Gasteiger partial charge in [-0.15, -0.1) is 24.0 Å². The van der Waals surface area contributed by atoms with E-state index >= 15 is 0 Å². The maximum atomic E-state index is 10.9. The Morgan fingerprint density at radius 2 is 2.04 bits per heavy atom. The number of nitrogens with one attached hydrogen (secondary N) is 2. The van der Waals surface area contributed by atoms with Crippen molar-refractivity contribution in [3.05, 3.63) is 39.9 Å². The Hall–Kier alpha value is -1.46. The van der Waals surface area contributed by atoms with Crippen molar-refractivity contribution in [1.82, 2.24) is 15.5 Å². The zero-order valence-electron chi connectivity index (χ0n) is 16.9. The smallest absolute Gasteiger partial charge is 0.269 e. The number of nitrogens with zero attached hydrogens (tertiary/aromatic N) is 3. The minimum atomic E-state index is -0.380. The molecule has 0 aromatic heterocycles. The molecule has 1 unspecified atom stereocenters. The van der Waals surface area contributed by atoms with E-state index in [4.69, 9.17) is 4.74 Å². The number of aliphatic imine (C=N–C) groups is 1. The lowest BCUT2D eigenvalue weighted by Crippen LogP contribution is -2.50. The van der Waals surface area contributed by atoms with Crippen LogP contribution < -0.4 is 10.6 Å². The van der Waals surface area contributed by atoms with Crippen LogP contribution in [0.15, 0.2) is 29.3 Å². The van der Waals surface area contributed by atoms with Crippen LogP contribution in [0.3, 0.4) is 0 Å². The van der Waals surface area contributed by atoms with Crippen LogP contribution in [0.5, 0.6) is 0 Å². The van der Waals surface area contributed by atoms with Gasteiger partial charge in [0.25, 0.3) is 5.69 Å². The maximum Gasteiger partial charge on any atom is 0.269 e. The second-order valence-electron chi connectivity index (χ2n) is 7.17. The number of morpholine rings is 1. The highest BCUT2D eigenvalue weighted by Gasteiger charge is 2.22. The second-order valence-corrected chi connectivity index (χ2v) is 7.17. The average Bonchev–Trinajstić information content (AvgIpc) is 2.67. The molecule has 1 aliphatic rings. The molecule has 1 saturated heterocycles. The normalized spacial score (nSPS) is 16.4. The fourth-order valence-corrected chi connectivity index (χ4v) is 3.25. The summed E-state index contributed by atoms with van der Waals surface area (Å²) in [5, 5.41) is 17.5. The number of non-ortho nitro benzene ring substituents is 1. The van der Waals surface area contributed by atoms with E-state index in [2.05, 4.69) is 34.4 Å². The zero-order chi connectivity index (χ0) is 19.6. The number of guanidine groups is 1. The Labute approximate surface area is 184 Å². The molecule has 1 aromatic rings. The molecule has 0 amide bonds. The molecule has 2 rings (SSSR count). The average molecular weight is 505 g/mol. The highest BCUT2D eigenvalue weighted by molar-refractivity contribution is 14.0. The fraction of sp³-hybridized carbons (Fsp3) is 0.632. The van der Waals surface area contributed by atoms with Gasteiger partial charge in [0.05, 0.1) is 18.1 Å². The van der Waals surface area contributed by atoms with Gasteiger partial charge in [-0.2, -0.15) is 0 Å². The molecule has 0 radical (unpaired) electrons. The van der Waals surface area contributed by atoms with Gasteiger partial charge in [0, 0.05) is 51.4 Å². The molecule has 1 fully saturated rings. The molecule has 2 N–H and O–H groups in total. The van der Waals surface area contributed by atoms with Gasteiger partial charge in [0.1, 0.15) is 0 Å². The predicted octanol–water partition coefficient (Wildman–Crippen LogP) is 2.62. The molecule has 1 atom stereocenters. The van der Waals surface area contributed by atoms with E-state index < -0.39 is 0 Å². The number of hydrogen-bond donors (Lipinski definition) is 2. The Morgan fingerprint density at radius 1 is 1.32 bits per heavy atom. The van der Waals surface area contributed by atoms with Crippen molar-refractivity contribution in [2.24, 2.45) is 10.9 Å². The molecule has 9 heteroatoms. The Morgan fingerprint density at radius 3 is 2.64 bits per heavy atom. The van der Waals surface area contributed by atoms with Gasteiger partial charge >= 0.3 is 0 Å². The topological polar surface area (TPSA) is 92.0 Å². The quantitative estimate of drug-likeness (QED) is 0.186. The van der Waals surface area contributed by atoms with Crippen LogP contribution in [-0.2, 0) is 11.3 Å². The second kappa shape index (κ2) is 12.9. The number of nitro benzene ring substituents is 1. The van der Waals surface area contributed by atoms with Gasteiger partial charge < -0.3 is 15.4 Å². The van der Waals surface area contributed by atoms with Gasteiger partial charge in [-0.05, 0) is 17.9 Å². The fourth-order valence-electron chi connectivity index (χ4n) is 3.25. The third kappa shape index (κ3) is 8.27. The minimum Gasteiger partial charge on any atom is -0.379 e. The maximum absolute atomic E-state index is 10.9. The Kier molecular flexibility index (Phi) is 11.3. The molecule has 28 heavy (non-hydrogen) atoms. The third-order valence-electron chi connectivity index (χ3n) is 4.62. The first kappa shape index (κ1) is 24.6. The van der Waals surface area contributed by atoms with Crippen LogP contribution in [0.25, 0.3) is 0 Å².